The van der Waals surface area contributed by atoms with E-state index in [9.17, 15) is 19.5 Å². The number of benzene rings is 1. The van der Waals surface area contributed by atoms with E-state index in [0.717, 1.165) is 5.56 Å². The predicted molar refractivity (Wildman–Crippen MR) is 95.1 cm³/mol. The Morgan fingerprint density at radius 2 is 1.69 bits per heavy atom. The molecule has 0 fully saturated rings. The monoisotopic (exact) mass is 365 g/mol. The molecule has 7 heteroatoms. The largest absolute Gasteiger partial charge is 0.479 e. The van der Waals surface area contributed by atoms with Gasteiger partial charge in [0.15, 0.2) is 0 Å². The maximum Gasteiger partial charge on any atom is 0.338 e. The Bertz CT molecular complexity index is 623. The first-order valence-corrected chi connectivity index (χ1v) is 8.50. The van der Waals surface area contributed by atoms with Crippen LogP contribution in [0.15, 0.2) is 30.3 Å². The van der Waals surface area contributed by atoms with E-state index in [2.05, 4.69) is 0 Å². The van der Waals surface area contributed by atoms with Gasteiger partial charge >= 0.3 is 17.9 Å². The highest BCUT2D eigenvalue weighted by atomic mass is 16.6. The summed E-state index contributed by atoms with van der Waals surface area (Å²) in [5, 5.41) is 9.30. The number of rotatable bonds is 9. The first-order valence-electron chi connectivity index (χ1n) is 8.50. The quantitative estimate of drug-likeness (QED) is 0.392. The van der Waals surface area contributed by atoms with E-state index in [1.807, 2.05) is 30.3 Å². The number of hydrogen-bond acceptors (Lipinski definition) is 6. The molecule has 1 rings (SSSR count). The molecule has 1 atom stereocenters. The lowest BCUT2D eigenvalue weighted by molar-refractivity contribution is -0.169. The van der Waals surface area contributed by atoms with Crippen LogP contribution >= 0.6 is 0 Å². The molecule has 1 aromatic rings. The standard InChI is InChI=1S/C19H27NO6/c1-18(2,3)26-17(24)19(20,16(22)23)12-8-7-11-15(21)25-13-14-9-5-4-6-10-14/h4-6,9-10H,7-8,11-13,20H2,1-3H3,(H,22,23). The van der Waals surface area contributed by atoms with Crippen LogP contribution in [0.4, 0.5) is 0 Å². The summed E-state index contributed by atoms with van der Waals surface area (Å²) in [5.74, 6) is -2.81. The minimum absolute atomic E-state index is 0.122. The number of unbranched alkanes of at least 4 members (excludes halogenated alkanes) is 1. The van der Waals surface area contributed by atoms with Gasteiger partial charge in [-0.15, -0.1) is 0 Å². The van der Waals surface area contributed by atoms with Crippen LogP contribution in [0.3, 0.4) is 0 Å². The Morgan fingerprint density at radius 1 is 1.08 bits per heavy atom. The average molecular weight is 365 g/mol. The molecule has 0 bridgehead atoms. The highest BCUT2D eigenvalue weighted by Crippen LogP contribution is 2.19. The smallest absolute Gasteiger partial charge is 0.338 e. The van der Waals surface area contributed by atoms with Crippen LogP contribution in [0.5, 0.6) is 0 Å². The lowest BCUT2D eigenvalue weighted by atomic mass is 9.93. The van der Waals surface area contributed by atoms with Gasteiger partial charge in [-0.3, -0.25) is 4.79 Å². The molecule has 0 aliphatic carbocycles. The number of ether oxygens (including phenoxy) is 2. The second-order valence-electron chi connectivity index (χ2n) is 7.13. The minimum Gasteiger partial charge on any atom is -0.479 e. The van der Waals surface area contributed by atoms with Crippen molar-refractivity contribution in [3.63, 3.8) is 0 Å². The van der Waals surface area contributed by atoms with Gasteiger partial charge in [0.1, 0.15) is 12.2 Å². The number of carboxylic acid groups (broad SMARTS) is 1. The summed E-state index contributed by atoms with van der Waals surface area (Å²) in [7, 11) is 0. The number of hydrogen-bond donors (Lipinski definition) is 2. The maximum atomic E-state index is 12.1. The van der Waals surface area contributed by atoms with Gasteiger partial charge in [-0.05, 0) is 45.6 Å². The summed E-state index contributed by atoms with van der Waals surface area (Å²) in [4.78, 5) is 35.2. The SMILES string of the molecule is CC(C)(C)OC(=O)C(N)(CCCCC(=O)OCc1ccccc1)C(=O)O. The third-order valence-electron chi connectivity index (χ3n) is 3.59. The Labute approximate surface area is 153 Å². The molecule has 0 spiro atoms. The molecule has 0 aliphatic heterocycles. The molecule has 0 aliphatic rings. The summed E-state index contributed by atoms with van der Waals surface area (Å²) in [6, 6.07) is 9.28. The number of nitrogens with two attached hydrogens (primary N) is 1. The third kappa shape index (κ3) is 7.23. The maximum absolute atomic E-state index is 12.1. The fourth-order valence-corrected chi connectivity index (χ4v) is 2.15. The van der Waals surface area contributed by atoms with E-state index >= 15 is 0 Å². The fraction of sp³-hybridized carbons (Fsp3) is 0.526. The van der Waals surface area contributed by atoms with Crippen LogP contribution in [0.1, 0.15) is 52.0 Å². The second-order valence-corrected chi connectivity index (χ2v) is 7.13. The zero-order valence-corrected chi connectivity index (χ0v) is 15.5. The molecule has 3 N–H and O–H groups in total. The van der Waals surface area contributed by atoms with Crippen molar-refractivity contribution in [2.75, 3.05) is 0 Å². The van der Waals surface area contributed by atoms with Gasteiger partial charge in [0.05, 0.1) is 0 Å². The zero-order chi connectivity index (χ0) is 19.8. The van der Waals surface area contributed by atoms with Crippen molar-refractivity contribution in [1.29, 1.82) is 0 Å². The first kappa shape index (κ1) is 21.6. The summed E-state index contributed by atoms with van der Waals surface area (Å²) in [6.07, 6.45) is 0.644. The first-order chi connectivity index (χ1) is 12.0. The van der Waals surface area contributed by atoms with Gasteiger partial charge < -0.3 is 20.3 Å². The van der Waals surface area contributed by atoms with Crippen LogP contribution in [0.2, 0.25) is 0 Å². The number of aliphatic carboxylic acids is 1. The van der Waals surface area contributed by atoms with Gasteiger partial charge in [-0.1, -0.05) is 30.3 Å². The van der Waals surface area contributed by atoms with Crippen LogP contribution in [0, 0.1) is 0 Å². The van der Waals surface area contributed by atoms with Crippen molar-refractivity contribution < 1.29 is 29.0 Å². The molecule has 0 heterocycles. The molecule has 7 nitrogen and oxygen atoms in total. The normalized spacial score (nSPS) is 13.5. The van der Waals surface area contributed by atoms with Crippen LogP contribution in [-0.4, -0.2) is 34.2 Å². The topological polar surface area (TPSA) is 116 Å². The van der Waals surface area contributed by atoms with E-state index in [1.165, 1.54) is 0 Å². The highest BCUT2D eigenvalue weighted by Gasteiger charge is 2.44. The molecule has 0 amide bonds. The van der Waals surface area contributed by atoms with Gasteiger partial charge in [-0.25, -0.2) is 9.59 Å². The predicted octanol–water partition coefficient (Wildman–Crippen LogP) is 2.41. The molecule has 1 aromatic carbocycles. The van der Waals surface area contributed by atoms with E-state index in [0.29, 0.717) is 6.42 Å². The van der Waals surface area contributed by atoms with Crippen LogP contribution < -0.4 is 5.73 Å². The number of carboxylic acids is 1. The third-order valence-corrected chi connectivity index (χ3v) is 3.59. The van der Waals surface area contributed by atoms with Gasteiger partial charge in [-0.2, -0.15) is 0 Å². The number of carbonyl (C=O) groups excluding carboxylic acids is 2. The molecule has 0 aromatic heterocycles. The summed E-state index contributed by atoms with van der Waals surface area (Å²) < 4.78 is 10.2. The molecule has 26 heavy (non-hydrogen) atoms. The van der Waals surface area contributed by atoms with Gasteiger partial charge in [0.25, 0.3) is 0 Å². The molecule has 0 saturated carbocycles. The minimum atomic E-state index is -2.12. The van der Waals surface area contributed by atoms with Crippen LogP contribution in [-0.2, 0) is 30.5 Å². The van der Waals surface area contributed by atoms with Crippen molar-refractivity contribution in [3.05, 3.63) is 35.9 Å². The average Bonchev–Trinajstić information content (AvgIpc) is 2.55. The van der Waals surface area contributed by atoms with Crippen molar-refractivity contribution in [1.82, 2.24) is 0 Å². The molecule has 1 unspecified atom stereocenters. The van der Waals surface area contributed by atoms with E-state index in [-0.39, 0.29) is 31.8 Å². The van der Waals surface area contributed by atoms with E-state index in [1.54, 1.807) is 20.8 Å². The molecular formula is C19H27NO6. The van der Waals surface area contributed by atoms with Crippen LogP contribution in [0.25, 0.3) is 0 Å². The van der Waals surface area contributed by atoms with E-state index in [4.69, 9.17) is 15.2 Å². The van der Waals surface area contributed by atoms with Gasteiger partial charge in [0.2, 0.25) is 5.54 Å². The number of carbonyl (C=O) groups is 3. The molecular weight excluding hydrogens is 338 g/mol. The second kappa shape index (κ2) is 9.33. The van der Waals surface area contributed by atoms with E-state index < -0.39 is 23.1 Å². The Balaban J connectivity index is 2.42. The summed E-state index contributed by atoms with van der Waals surface area (Å²) in [6.45, 7) is 5.09. The lowest BCUT2D eigenvalue weighted by Crippen LogP contribution is -2.57. The Kier molecular flexibility index (Phi) is 7.76. The van der Waals surface area contributed by atoms with Gasteiger partial charge in [0, 0.05) is 6.42 Å². The summed E-state index contributed by atoms with van der Waals surface area (Å²) in [5.41, 5.74) is 3.68. The summed E-state index contributed by atoms with van der Waals surface area (Å²) >= 11 is 0. The fourth-order valence-electron chi connectivity index (χ4n) is 2.15. The van der Waals surface area contributed by atoms with Crippen molar-refractivity contribution in [3.8, 4) is 0 Å². The van der Waals surface area contributed by atoms with Crippen molar-refractivity contribution in [2.24, 2.45) is 5.73 Å². The Morgan fingerprint density at radius 3 is 2.23 bits per heavy atom. The van der Waals surface area contributed by atoms with Crippen molar-refractivity contribution in [2.45, 2.75) is 64.2 Å². The number of esters is 2. The lowest BCUT2D eigenvalue weighted by Gasteiger charge is -2.28. The molecule has 0 radical (unpaired) electrons. The zero-order valence-electron chi connectivity index (χ0n) is 15.5. The Hall–Kier alpha value is -2.41. The van der Waals surface area contributed by atoms with Crippen molar-refractivity contribution >= 4 is 17.9 Å². The molecule has 144 valence electrons. The molecule has 0 saturated heterocycles. The highest BCUT2D eigenvalue weighted by molar-refractivity contribution is 6.03.